The summed E-state index contributed by atoms with van der Waals surface area (Å²) in [6, 6.07) is 5.35. The summed E-state index contributed by atoms with van der Waals surface area (Å²) in [6.07, 6.45) is -0.438. The van der Waals surface area contributed by atoms with Crippen molar-refractivity contribution in [2.24, 2.45) is 0 Å². The molecule has 0 saturated carbocycles. The number of aliphatic hydroxyl groups is 1. The number of aliphatic hydroxyl groups excluding tert-OH is 1. The van der Waals surface area contributed by atoms with Crippen molar-refractivity contribution in [3.05, 3.63) is 29.3 Å². The lowest BCUT2D eigenvalue weighted by atomic mass is 9.99. The van der Waals surface area contributed by atoms with Crippen molar-refractivity contribution in [2.45, 2.75) is 45.8 Å². The molecule has 1 fully saturated rings. The Bertz CT molecular complexity index is 617. The summed E-state index contributed by atoms with van der Waals surface area (Å²) < 4.78 is 5.62. The first-order valence-corrected chi connectivity index (χ1v) is 7.79. The van der Waals surface area contributed by atoms with Crippen LogP contribution in [0.2, 0.25) is 0 Å². The zero-order chi connectivity index (χ0) is 17.2. The van der Waals surface area contributed by atoms with Crippen molar-refractivity contribution in [2.75, 3.05) is 13.2 Å². The Morgan fingerprint density at radius 1 is 1.35 bits per heavy atom. The number of amides is 3. The quantitative estimate of drug-likeness (QED) is 0.783. The van der Waals surface area contributed by atoms with Crippen LogP contribution in [0.15, 0.2) is 18.2 Å². The average Bonchev–Trinajstić information content (AvgIpc) is 2.72. The number of nitrogens with zero attached hydrogens (tertiary/aromatic N) is 1. The van der Waals surface area contributed by atoms with E-state index in [1.807, 2.05) is 39.0 Å². The molecule has 1 saturated heterocycles. The third-order valence-electron chi connectivity index (χ3n) is 4.22. The topological polar surface area (TPSA) is 78.9 Å². The van der Waals surface area contributed by atoms with Crippen LogP contribution in [0.1, 0.15) is 31.4 Å². The molecule has 2 rings (SSSR count). The van der Waals surface area contributed by atoms with E-state index in [9.17, 15) is 14.7 Å². The smallest absolute Gasteiger partial charge is 0.325 e. The van der Waals surface area contributed by atoms with E-state index in [2.05, 4.69) is 5.32 Å². The first-order valence-electron chi connectivity index (χ1n) is 7.79. The van der Waals surface area contributed by atoms with Crippen LogP contribution in [0.5, 0.6) is 5.75 Å². The van der Waals surface area contributed by atoms with E-state index in [0.717, 1.165) is 16.0 Å². The summed E-state index contributed by atoms with van der Waals surface area (Å²) in [6.45, 7) is 7.34. The largest absolute Gasteiger partial charge is 0.491 e. The predicted octanol–water partition coefficient (Wildman–Crippen LogP) is 1.76. The van der Waals surface area contributed by atoms with Crippen LogP contribution in [0.25, 0.3) is 0 Å². The number of aryl methyl sites for hydroxylation is 2. The maximum Gasteiger partial charge on any atom is 0.325 e. The summed E-state index contributed by atoms with van der Waals surface area (Å²) in [7, 11) is 0. The molecule has 0 unspecified atom stereocenters. The van der Waals surface area contributed by atoms with E-state index in [-0.39, 0.29) is 19.1 Å². The minimum absolute atomic E-state index is 0.0180. The average molecular weight is 320 g/mol. The van der Waals surface area contributed by atoms with Crippen LogP contribution < -0.4 is 10.1 Å². The first-order chi connectivity index (χ1) is 10.8. The number of β-amino-alcohol motifs (C(OH)–C–C–N with tert-alkyl or cyclic N) is 1. The molecule has 1 aromatic carbocycles. The Hall–Kier alpha value is -2.08. The first kappa shape index (κ1) is 17.3. The minimum Gasteiger partial charge on any atom is -0.491 e. The van der Waals surface area contributed by atoms with Crippen LogP contribution in [-0.4, -0.2) is 46.7 Å². The molecule has 126 valence electrons. The number of carbonyl (C=O) groups is 2. The number of rotatable bonds is 6. The monoisotopic (exact) mass is 320 g/mol. The van der Waals surface area contributed by atoms with Crippen molar-refractivity contribution >= 4 is 11.9 Å². The van der Waals surface area contributed by atoms with E-state index in [4.69, 9.17) is 4.74 Å². The summed E-state index contributed by atoms with van der Waals surface area (Å²) in [5.74, 6) is 0.385. The van der Waals surface area contributed by atoms with Crippen molar-refractivity contribution in [3.8, 4) is 5.75 Å². The standard InChI is InChI=1S/C17H24N2O4/c1-5-17(4)15(21)19(16(22)18-17)9-13(20)10-23-14-8-11(2)6-7-12(14)3/h6-8,13,20H,5,9-10H2,1-4H3,(H,18,22)/t13-,17-/m0/s1. The molecule has 1 heterocycles. The zero-order valence-electron chi connectivity index (χ0n) is 14.0. The third kappa shape index (κ3) is 3.64. The fraction of sp³-hybridized carbons (Fsp3) is 0.529. The highest BCUT2D eigenvalue weighted by Crippen LogP contribution is 2.22. The molecule has 3 amide bonds. The Morgan fingerprint density at radius 2 is 2.04 bits per heavy atom. The van der Waals surface area contributed by atoms with Gasteiger partial charge in [-0.2, -0.15) is 0 Å². The van der Waals surface area contributed by atoms with Crippen molar-refractivity contribution in [1.29, 1.82) is 0 Å². The molecule has 2 atom stereocenters. The van der Waals surface area contributed by atoms with Crippen molar-refractivity contribution in [3.63, 3.8) is 0 Å². The highest BCUT2D eigenvalue weighted by Gasteiger charge is 2.46. The fourth-order valence-electron chi connectivity index (χ4n) is 2.46. The van der Waals surface area contributed by atoms with Gasteiger partial charge in [-0.3, -0.25) is 9.69 Å². The van der Waals surface area contributed by atoms with E-state index in [1.54, 1.807) is 6.92 Å². The molecule has 1 aromatic rings. The number of urea groups is 1. The second kappa shape index (κ2) is 6.58. The highest BCUT2D eigenvalue weighted by atomic mass is 16.5. The summed E-state index contributed by atoms with van der Waals surface area (Å²) in [5, 5.41) is 12.8. The zero-order valence-corrected chi connectivity index (χ0v) is 14.0. The van der Waals surface area contributed by atoms with E-state index >= 15 is 0 Å². The molecule has 1 aliphatic heterocycles. The van der Waals surface area contributed by atoms with E-state index in [0.29, 0.717) is 12.2 Å². The van der Waals surface area contributed by atoms with Gasteiger partial charge in [0, 0.05) is 0 Å². The molecule has 2 N–H and O–H groups in total. The molecule has 1 aliphatic rings. The van der Waals surface area contributed by atoms with E-state index in [1.165, 1.54) is 0 Å². The van der Waals surface area contributed by atoms with Gasteiger partial charge < -0.3 is 15.2 Å². The van der Waals surface area contributed by atoms with Crippen LogP contribution in [0.4, 0.5) is 4.79 Å². The summed E-state index contributed by atoms with van der Waals surface area (Å²) in [5.41, 5.74) is 1.15. The Labute approximate surface area is 136 Å². The van der Waals surface area contributed by atoms with E-state index < -0.39 is 17.7 Å². The van der Waals surface area contributed by atoms with Crippen molar-refractivity contribution in [1.82, 2.24) is 10.2 Å². The molecule has 0 radical (unpaired) electrons. The minimum atomic E-state index is -0.941. The lowest BCUT2D eigenvalue weighted by molar-refractivity contribution is -0.132. The number of hydrogen-bond acceptors (Lipinski definition) is 4. The summed E-state index contributed by atoms with van der Waals surface area (Å²) in [4.78, 5) is 25.2. The fourth-order valence-corrected chi connectivity index (χ4v) is 2.46. The maximum absolute atomic E-state index is 12.3. The molecule has 6 nitrogen and oxygen atoms in total. The predicted molar refractivity (Wildman–Crippen MR) is 86.4 cm³/mol. The Balaban J connectivity index is 1.95. The number of imide groups is 1. The number of nitrogens with one attached hydrogen (secondary N) is 1. The second-order valence-corrected chi connectivity index (χ2v) is 6.27. The third-order valence-corrected chi connectivity index (χ3v) is 4.22. The van der Waals surface area contributed by atoms with Gasteiger partial charge >= 0.3 is 6.03 Å². The molecule has 0 bridgehead atoms. The van der Waals surface area contributed by atoms with Gasteiger partial charge in [-0.05, 0) is 44.4 Å². The number of benzene rings is 1. The van der Waals surface area contributed by atoms with Gasteiger partial charge in [0.1, 0.15) is 24.0 Å². The molecular formula is C17H24N2O4. The molecule has 0 spiro atoms. The van der Waals surface area contributed by atoms with Gasteiger partial charge in [-0.25, -0.2) is 4.79 Å². The van der Waals surface area contributed by atoms with Gasteiger partial charge in [0.2, 0.25) is 0 Å². The normalized spacial score (nSPS) is 22.2. The maximum atomic E-state index is 12.3. The number of carbonyl (C=O) groups excluding carboxylic acids is 2. The lowest BCUT2D eigenvalue weighted by Crippen LogP contribution is -2.44. The van der Waals surface area contributed by atoms with Crippen LogP contribution in [0, 0.1) is 13.8 Å². The summed E-state index contributed by atoms with van der Waals surface area (Å²) >= 11 is 0. The molecule has 0 aliphatic carbocycles. The molecule has 6 heteroatoms. The molecule has 0 aromatic heterocycles. The highest BCUT2D eigenvalue weighted by molar-refractivity contribution is 6.06. The van der Waals surface area contributed by atoms with Gasteiger partial charge in [0.25, 0.3) is 5.91 Å². The van der Waals surface area contributed by atoms with Gasteiger partial charge in [-0.15, -0.1) is 0 Å². The van der Waals surface area contributed by atoms with Gasteiger partial charge in [0.15, 0.2) is 0 Å². The molecule has 23 heavy (non-hydrogen) atoms. The second-order valence-electron chi connectivity index (χ2n) is 6.27. The van der Waals surface area contributed by atoms with Crippen LogP contribution >= 0.6 is 0 Å². The Morgan fingerprint density at radius 3 is 2.65 bits per heavy atom. The van der Waals surface area contributed by atoms with Crippen LogP contribution in [0.3, 0.4) is 0 Å². The Kier molecular flexibility index (Phi) is 4.94. The molecular weight excluding hydrogens is 296 g/mol. The lowest BCUT2D eigenvalue weighted by Gasteiger charge is -2.21. The number of ether oxygens (including phenoxy) is 1. The van der Waals surface area contributed by atoms with Gasteiger partial charge in [0.05, 0.1) is 6.54 Å². The SMILES string of the molecule is CC[C@]1(C)NC(=O)N(C[C@H](O)COc2cc(C)ccc2C)C1=O. The van der Waals surface area contributed by atoms with Crippen molar-refractivity contribution < 1.29 is 19.4 Å². The number of hydrogen-bond donors (Lipinski definition) is 2. The van der Waals surface area contributed by atoms with Crippen LogP contribution in [-0.2, 0) is 4.79 Å². The van der Waals surface area contributed by atoms with Gasteiger partial charge in [-0.1, -0.05) is 19.1 Å².